The fraction of sp³-hybridized carbons (Fsp3) is 0.222. The number of benzene rings is 2. The van der Waals surface area contributed by atoms with Crippen LogP contribution in [0.25, 0.3) is 11.1 Å². The van der Waals surface area contributed by atoms with E-state index in [0.29, 0.717) is 5.92 Å². The summed E-state index contributed by atoms with van der Waals surface area (Å²) in [6.07, 6.45) is 8.48. The van der Waals surface area contributed by atoms with Crippen molar-refractivity contribution in [3.05, 3.63) is 71.3 Å². The number of rotatable bonds is 0. The Hall–Kier alpha value is -1.82. The fourth-order valence-electron chi connectivity index (χ4n) is 3.44. The summed E-state index contributed by atoms with van der Waals surface area (Å²) in [6, 6.07) is 15.7. The Morgan fingerprint density at radius 3 is 2.78 bits per heavy atom. The lowest BCUT2D eigenvalue weighted by atomic mass is 9.88. The summed E-state index contributed by atoms with van der Waals surface area (Å²) in [5, 5.41) is 0. The minimum absolute atomic E-state index is 0.493. The normalized spacial score (nSPS) is 21.7. The van der Waals surface area contributed by atoms with Crippen molar-refractivity contribution in [3.63, 3.8) is 0 Å². The zero-order valence-electron chi connectivity index (χ0n) is 10.4. The van der Waals surface area contributed by atoms with Crippen LogP contribution in [0, 0.1) is 0 Å². The lowest BCUT2D eigenvalue weighted by molar-refractivity contribution is 0.810. The van der Waals surface area contributed by atoms with Crippen LogP contribution in [0.5, 0.6) is 0 Å². The topological polar surface area (TPSA) is 0 Å². The molecular weight excluding hydrogens is 216 g/mol. The minimum atomic E-state index is 0.493. The Balaban J connectivity index is 2.06. The van der Waals surface area contributed by atoms with Gasteiger partial charge in [-0.2, -0.15) is 0 Å². The highest BCUT2D eigenvalue weighted by Gasteiger charge is 2.28. The average molecular weight is 232 g/mol. The van der Waals surface area contributed by atoms with Gasteiger partial charge >= 0.3 is 0 Å². The molecule has 0 nitrogen and oxygen atoms in total. The van der Waals surface area contributed by atoms with E-state index in [2.05, 4.69) is 54.6 Å². The van der Waals surface area contributed by atoms with Crippen LogP contribution in [0.1, 0.15) is 35.4 Å². The molecule has 0 heteroatoms. The number of hydrogen-bond acceptors (Lipinski definition) is 0. The number of allylic oxidation sites excluding steroid dienone is 2. The van der Waals surface area contributed by atoms with Gasteiger partial charge < -0.3 is 0 Å². The first-order chi connectivity index (χ1) is 8.95. The smallest absolute Gasteiger partial charge is 0.0284 e. The molecule has 0 N–H and O–H groups in total. The van der Waals surface area contributed by atoms with E-state index in [4.69, 9.17) is 0 Å². The monoisotopic (exact) mass is 232 g/mol. The summed E-state index contributed by atoms with van der Waals surface area (Å²) in [6.45, 7) is 0. The molecule has 0 bridgehead atoms. The standard InChI is InChI=1S/C18H16/c1-2-7-13-8-6-12-17-15-10-5-4-9-14(15)16(11-3-1)18(13)17/h3-6,8-12,16H,1-2,7H2/b11-3-. The molecule has 88 valence electrons. The maximum atomic E-state index is 2.41. The van der Waals surface area contributed by atoms with Gasteiger partial charge in [-0.05, 0) is 47.1 Å². The largest absolute Gasteiger partial charge is 0.0876 e. The fourth-order valence-corrected chi connectivity index (χ4v) is 3.44. The van der Waals surface area contributed by atoms with Crippen molar-refractivity contribution in [1.82, 2.24) is 0 Å². The molecule has 2 aromatic carbocycles. The van der Waals surface area contributed by atoms with Crippen LogP contribution in [-0.2, 0) is 6.42 Å². The van der Waals surface area contributed by atoms with Crippen molar-refractivity contribution < 1.29 is 0 Å². The third-order valence-corrected chi connectivity index (χ3v) is 4.24. The van der Waals surface area contributed by atoms with Gasteiger partial charge in [0.05, 0.1) is 0 Å². The molecule has 18 heavy (non-hydrogen) atoms. The third kappa shape index (κ3) is 1.32. The quantitative estimate of drug-likeness (QED) is 0.578. The molecular formula is C18H16. The van der Waals surface area contributed by atoms with Gasteiger partial charge in [-0.25, -0.2) is 0 Å². The Labute approximate surface area is 108 Å². The highest BCUT2D eigenvalue weighted by molar-refractivity contribution is 5.81. The van der Waals surface area contributed by atoms with E-state index in [9.17, 15) is 0 Å². The SMILES string of the molecule is C1=C\C2c3ccccc3-c3cccc(c32)CCC/1. The summed E-state index contributed by atoms with van der Waals surface area (Å²) in [7, 11) is 0. The molecule has 0 saturated heterocycles. The second-order valence-corrected chi connectivity index (χ2v) is 5.26. The molecule has 0 amide bonds. The molecule has 0 radical (unpaired) electrons. The van der Waals surface area contributed by atoms with Crippen molar-refractivity contribution in [2.45, 2.75) is 25.2 Å². The molecule has 0 spiro atoms. The Kier molecular flexibility index (Phi) is 2.16. The molecule has 1 unspecified atom stereocenters. The van der Waals surface area contributed by atoms with E-state index in [1.807, 2.05) is 0 Å². The van der Waals surface area contributed by atoms with E-state index < -0.39 is 0 Å². The molecule has 4 rings (SSSR count). The van der Waals surface area contributed by atoms with Crippen LogP contribution in [0.4, 0.5) is 0 Å². The van der Waals surface area contributed by atoms with Gasteiger partial charge in [0.15, 0.2) is 0 Å². The van der Waals surface area contributed by atoms with Crippen LogP contribution < -0.4 is 0 Å². The van der Waals surface area contributed by atoms with Crippen LogP contribution >= 0.6 is 0 Å². The average Bonchev–Trinajstić information content (AvgIpc) is 2.70. The van der Waals surface area contributed by atoms with Gasteiger partial charge in [0.25, 0.3) is 0 Å². The molecule has 0 saturated carbocycles. The van der Waals surface area contributed by atoms with Crippen molar-refractivity contribution in [1.29, 1.82) is 0 Å². The van der Waals surface area contributed by atoms with Crippen molar-refractivity contribution in [2.75, 3.05) is 0 Å². The van der Waals surface area contributed by atoms with E-state index in [1.54, 1.807) is 11.1 Å². The molecule has 0 aromatic heterocycles. The maximum absolute atomic E-state index is 2.41. The molecule has 2 aliphatic carbocycles. The van der Waals surface area contributed by atoms with Crippen molar-refractivity contribution in [3.8, 4) is 11.1 Å². The molecule has 2 aliphatic rings. The molecule has 0 fully saturated rings. The first-order valence-electron chi connectivity index (χ1n) is 6.83. The molecule has 0 aliphatic heterocycles. The Bertz CT molecular complexity index is 634. The predicted molar refractivity (Wildman–Crippen MR) is 75.8 cm³/mol. The summed E-state index contributed by atoms with van der Waals surface area (Å²) in [4.78, 5) is 0. The second-order valence-electron chi connectivity index (χ2n) is 5.26. The summed E-state index contributed by atoms with van der Waals surface area (Å²) in [5.41, 5.74) is 7.50. The van der Waals surface area contributed by atoms with E-state index >= 15 is 0 Å². The van der Waals surface area contributed by atoms with Gasteiger partial charge in [-0.3, -0.25) is 0 Å². The predicted octanol–water partition coefficient (Wildman–Crippen LogP) is 4.69. The molecule has 2 aromatic rings. The summed E-state index contributed by atoms with van der Waals surface area (Å²) in [5.74, 6) is 0.493. The zero-order valence-corrected chi connectivity index (χ0v) is 10.4. The lowest BCUT2D eigenvalue weighted by Gasteiger charge is -2.16. The Morgan fingerprint density at radius 1 is 0.889 bits per heavy atom. The molecule has 0 heterocycles. The van der Waals surface area contributed by atoms with E-state index in [-0.39, 0.29) is 0 Å². The maximum Gasteiger partial charge on any atom is 0.0284 e. The highest BCUT2D eigenvalue weighted by Crippen LogP contribution is 2.47. The van der Waals surface area contributed by atoms with Crippen molar-refractivity contribution in [2.24, 2.45) is 0 Å². The van der Waals surface area contributed by atoms with E-state index in [1.165, 1.54) is 36.0 Å². The number of fused-ring (bicyclic) bond motifs is 3. The first-order valence-corrected chi connectivity index (χ1v) is 6.83. The van der Waals surface area contributed by atoms with Crippen molar-refractivity contribution >= 4 is 0 Å². The highest BCUT2D eigenvalue weighted by atomic mass is 14.3. The second kappa shape index (κ2) is 3.84. The van der Waals surface area contributed by atoms with Crippen LogP contribution in [0.15, 0.2) is 54.6 Å². The van der Waals surface area contributed by atoms with Crippen LogP contribution in [0.3, 0.4) is 0 Å². The summed E-state index contributed by atoms with van der Waals surface area (Å²) >= 11 is 0. The number of aryl methyl sites for hydroxylation is 1. The van der Waals surface area contributed by atoms with Gasteiger partial charge in [-0.1, -0.05) is 54.6 Å². The minimum Gasteiger partial charge on any atom is -0.0876 e. The number of hydrogen-bond donors (Lipinski definition) is 0. The van der Waals surface area contributed by atoms with Crippen LogP contribution in [-0.4, -0.2) is 0 Å². The zero-order chi connectivity index (χ0) is 11.9. The Morgan fingerprint density at radius 2 is 1.78 bits per heavy atom. The molecule has 1 atom stereocenters. The van der Waals surface area contributed by atoms with Gasteiger partial charge in [0.2, 0.25) is 0 Å². The van der Waals surface area contributed by atoms with Gasteiger partial charge in [0, 0.05) is 5.92 Å². The third-order valence-electron chi connectivity index (χ3n) is 4.24. The van der Waals surface area contributed by atoms with Gasteiger partial charge in [-0.15, -0.1) is 0 Å². The van der Waals surface area contributed by atoms with E-state index in [0.717, 1.165) is 0 Å². The first kappa shape index (κ1) is 10.1. The van der Waals surface area contributed by atoms with Crippen LogP contribution in [0.2, 0.25) is 0 Å². The lowest BCUT2D eigenvalue weighted by Crippen LogP contribution is -2.00. The van der Waals surface area contributed by atoms with Gasteiger partial charge in [0.1, 0.15) is 0 Å². The summed E-state index contributed by atoms with van der Waals surface area (Å²) < 4.78 is 0.